The van der Waals surface area contributed by atoms with Crippen LogP contribution in [0.4, 0.5) is 10.5 Å². The molecule has 13 heteroatoms. The van der Waals surface area contributed by atoms with E-state index in [1.54, 1.807) is 31.0 Å². The lowest BCUT2D eigenvalue weighted by atomic mass is 10.1. The number of aromatic amines is 2. The fourth-order valence-electron chi connectivity index (χ4n) is 5.41. The van der Waals surface area contributed by atoms with Crippen molar-refractivity contribution in [1.29, 1.82) is 0 Å². The summed E-state index contributed by atoms with van der Waals surface area (Å²) in [5.41, 5.74) is 5.13. The van der Waals surface area contributed by atoms with Crippen LogP contribution >= 0.6 is 0 Å². The Morgan fingerprint density at radius 1 is 0.878 bits per heavy atom. The first-order chi connectivity index (χ1) is 20.0. The molecule has 0 aromatic carbocycles. The van der Waals surface area contributed by atoms with Gasteiger partial charge in [-0.1, -0.05) is 0 Å². The summed E-state index contributed by atoms with van der Waals surface area (Å²) in [7, 11) is 2.05. The minimum Gasteiger partial charge on any atom is -0.339 e. The molecule has 2 saturated heterocycles. The highest BCUT2D eigenvalue weighted by Crippen LogP contribution is 2.30. The quantitative estimate of drug-likeness (QED) is 0.308. The van der Waals surface area contributed by atoms with E-state index in [1.807, 2.05) is 21.9 Å². The Kier molecular flexibility index (Phi) is 6.27. The highest BCUT2D eigenvalue weighted by atomic mass is 16.2. The molecule has 5 aromatic heterocycles. The third-order valence-corrected chi connectivity index (χ3v) is 7.78. The van der Waals surface area contributed by atoms with Crippen LogP contribution < -0.4 is 5.32 Å². The largest absolute Gasteiger partial charge is 0.339 e. The van der Waals surface area contributed by atoms with Crippen molar-refractivity contribution in [2.75, 3.05) is 51.6 Å². The standard InChI is InChI=1S/C28H29N11O2/c1-37-6-8-39(9-7-37)28(41)32-19-10-17(12-29-14-19)18-11-20-24(35-36-25(20)31-13-18)26-33-22-16-30-15-21(23(22)34-26)27(40)38-4-2-3-5-38/h10-16H,2-9H2,1H3,(H,32,41)(H,33,34)(H,31,35,36). The molecule has 3 N–H and O–H groups in total. The van der Waals surface area contributed by atoms with Crippen LogP contribution in [0.1, 0.15) is 23.2 Å². The highest BCUT2D eigenvalue weighted by molar-refractivity contribution is 6.05. The number of hydrogen-bond donors (Lipinski definition) is 3. The van der Waals surface area contributed by atoms with Gasteiger partial charge in [0.15, 0.2) is 11.5 Å². The number of hydrogen-bond acceptors (Lipinski definition) is 8. The molecular formula is C28H29N11O2. The molecule has 0 radical (unpaired) electrons. The zero-order chi connectivity index (χ0) is 27.9. The number of carbonyl (C=O) groups excluding carboxylic acids is 2. The van der Waals surface area contributed by atoms with Crippen molar-refractivity contribution in [1.82, 2.24) is 49.8 Å². The molecule has 7 heterocycles. The van der Waals surface area contributed by atoms with Crippen molar-refractivity contribution >= 4 is 39.7 Å². The number of carbonyl (C=O) groups is 2. The molecule has 208 valence electrons. The second kappa shape index (κ2) is 10.2. The van der Waals surface area contributed by atoms with Gasteiger partial charge in [0.25, 0.3) is 5.91 Å². The lowest BCUT2D eigenvalue weighted by molar-refractivity contribution is 0.0794. The number of nitrogens with zero attached hydrogens (tertiary/aromatic N) is 8. The van der Waals surface area contributed by atoms with Crippen molar-refractivity contribution < 1.29 is 9.59 Å². The Morgan fingerprint density at radius 2 is 1.66 bits per heavy atom. The summed E-state index contributed by atoms with van der Waals surface area (Å²) in [5, 5.41) is 11.1. The molecule has 0 bridgehead atoms. The third kappa shape index (κ3) is 4.73. The minimum absolute atomic E-state index is 0.0517. The third-order valence-electron chi connectivity index (χ3n) is 7.78. The number of anilines is 1. The monoisotopic (exact) mass is 551 g/mol. The van der Waals surface area contributed by atoms with Crippen LogP contribution in [-0.2, 0) is 0 Å². The highest BCUT2D eigenvalue weighted by Gasteiger charge is 2.24. The van der Waals surface area contributed by atoms with Crippen LogP contribution in [0, 0.1) is 0 Å². The van der Waals surface area contributed by atoms with Crippen LogP contribution in [0.2, 0.25) is 0 Å². The number of rotatable bonds is 4. The molecule has 3 amide bonds. The van der Waals surface area contributed by atoms with Gasteiger partial charge in [-0.15, -0.1) is 0 Å². The fraction of sp³-hybridized carbons (Fsp3) is 0.321. The molecule has 41 heavy (non-hydrogen) atoms. The summed E-state index contributed by atoms with van der Waals surface area (Å²) in [4.78, 5) is 53.0. The number of piperazine rings is 1. The summed E-state index contributed by atoms with van der Waals surface area (Å²) < 4.78 is 0. The number of amides is 3. The van der Waals surface area contributed by atoms with Crippen molar-refractivity contribution in [2.45, 2.75) is 12.8 Å². The number of urea groups is 1. The maximum absolute atomic E-state index is 13.1. The average molecular weight is 552 g/mol. The van der Waals surface area contributed by atoms with E-state index in [0.717, 1.165) is 55.5 Å². The smallest absolute Gasteiger partial charge is 0.321 e. The Hall–Kier alpha value is -4.91. The number of imidazole rings is 1. The van der Waals surface area contributed by atoms with Gasteiger partial charge >= 0.3 is 6.03 Å². The zero-order valence-electron chi connectivity index (χ0n) is 22.6. The number of fused-ring (bicyclic) bond motifs is 2. The first-order valence-electron chi connectivity index (χ1n) is 13.7. The molecule has 0 unspecified atom stereocenters. The summed E-state index contributed by atoms with van der Waals surface area (Å²) in [6.07, 6.45) is 10.4. The normalized spacial score (nSPS) is 16.1. The van der Waals surface area contributed by atoms with E-state index in [0.29, 0.717) is 52.5 Å². The predicted molar refractivity (Wildman–Crippen MR) is 153 cm³/mol. The maximum Gasteiger partial charge on any atom is 0.321 e. The Balaban J connectivity index is 1.18. The van der Waals surface area contributed by atoms with Gasteiger partial charge in [-0.3, -0.25) is 19.9 Å². The van der Waals surface area contributed by atoms with E-state index in [-0.39, 0.29) is 11.9 Å². The number of pyridine rings is 3. The van der Waals surface area contributed by atoms with Gasteiger partial charge in [-0.2, -0.15) is 5.10 Å². The summed E-state index contributed by atoms with van der Waals surface area (Å²) in [5.74, 6) is 0.486. The molecule has 2 aliphatic heterocycles. The van der Waals surface area contributed by atoms with Crippen LogP contribution in [-0.4, -0.2) is 108 Å². The molecule has 2 aliphatic rings. The predicted octanol–water partition coefficient (Wildman–Crippen LogP) is 2.97. The molecule has 7 rings (SSSR count). The van der Waals surface area contributed by atoms with E-state index < -0.39 is 0 Å². The Bertz CT molecular complexity index is 1760. The molecule has 2 fully saturated rings. The molecule has 0 atom stereocenters. The van der Waals surface area contributed by atoms with Gasteiger partial charge in [0.2, 0.25) is 0 Å². The number of likely N-dealkylation sites (tertiary alicyclic amines) is 1. The Labute approximate surface area is 235 Å². The topological polar surface area (TPSA) is 152 Å². The fourth-order valence-corrected chi connectivity index (χ4v) is 5.41. The minimum atomic E-state index is -0.135. The first kappa shape index (κ1) is 25.1. The van der Waals surface area contributed by atoms with Crippen molar-refractivity contribution in [3.63, 3.8) is 0 Å². The van der Waals surface area contributed by atoms with Crippen molar-refractivity contribution in [3.8, 4) is 22.6 Å². The van der Waals surface area contributed by atoms with Gasteiger partial charge in [-0.25, -0.2) is 14.8 Å². The number of H-pyrrole nitrogens is 2. The van der Waals surface area contributed by atoms with Crippen LogP contribution in [0.15, 0.2) is 43.1 Å². The Morgan fingerprint density at radius 3 is 2.49 bits per heavy atom. The van der Waals surface area contributed by atoms with Crippen molar-refractivity contribution in [3.05, 3.63) is 48.7 Å². The van der Waals surface area contributed by atoms with Gasteiger partial charge in [0, 0.05) is 69.0 Å². The van der Waals surface area contributed by atoms with E-state index in [9.17, 15) is 9.59 Å². The number of aromatic nitrogens is 7. The van der Waals surface area contributed by atoms with Gasteiger partial charge in [-0.05, 0) is 32.0 Å². The molecule has 5 aromatic rings. The number of nitrogens with one attached hydrogen (secondary N) is 3. The second-order valence-electron chi connectivity index (χ2n) is 10.5. The van der Waals surface area contributed by atoms with Gasteiger partial charge in [0.05, 0.1) is 34.5 Å². The van der Waals surface area contributed by atoms with Crippen LogP contribution in [0.25, 0.3) is 44.7 Å². The first-order valence-corrected chi connectivity index (χ1v) is 13.7. The van der Waals surface area contributed by atoms with E-state index >= 15 is 0 Å². The molecular weight excluding hydrogens is 522 g/mol. The van der Waals surface area contributed by atoms with Gasteiger partial charge in [0.1, 0.15) is 11.2 Å². The lowest BCUT2D eigenvalue weighted by Gasteiger charge is -2.32. The summed E-state index contributed by atoms with van der Waals surface area (Å²) in [6, 6.07) is 3.71. The molecule has 13 nitrogen and oxygen atoms in total. The number of likely N-dealkylation sites (N-methyl/N-ethyl adjacent to an activating group) is 1. The van der Waals surface area contributed by atoms with E-state index in [1.165, 1.54) is 0 Å². The molecule has 0 spiro atoms. The van der Waals surface area contributed by atoms with Gasteiger partial charge < -0.3 is 25.0 Å². The van der Waals surface area contributed by atoms with E-state index in [2.05, 4.69) is 47.4 Å². The SMILES string of the molecule is CN1CCN(C(=O)Nc2cncc(-c3cnc4n[nH]c(-c5nc6c(C(=O)N7CCCC7)cncc6[nH]5)c4c3)c2)CC1. The van der Waals surface area contributed by atoms with E-state index in [4.69, 9.17) is 4.98 Å². The summed E-state index contributed by atoms with van der Waals surface area (Å²) >= 11 is 0. The molecule has 0 saturated carbocycles. The average Bonchev–Trinajstić information content (AvgIpc) is 3.76. The summed E-state index contributed by atoms with van der Waals surface area (Å²) in [6.45, 7) is 4.57. The van der Waals surface area contributed by atoms with Crippen LogP contribution in [0.5, 0.6) is 0 Å². The lowest BCUT2D eigenvalue weighted by Crippen LogP contribution is -2.48. The molecule has 0 aliphatic carbocycles. The van der Waals surface area contributed by atoms with Crippen molar-refractivity contribution in [2.24, 2.45) is 0 Å². The zero-order valence-corrected chi connectivity index (χ0v) is 22.6. The second-order valence-corrected chi connectivity index (χ2v) is 10.5. The maximum atomic E-state index is 13.1. The van der Waals surface area contributed by atoms with Crippen LogP contribution in [0.3, 0.4) is 0 Å².